The summed E-state index contributed by atoms with van der Waals surface area (Å²) in [6.07, 6.45) is 2.64. The normalized spacial score (nSPS) is 17.7. The summed E-state index contributed by atoms with van der Waals surface area (Å²) in [6.45, 7) is 3.18. The zero-order valence-corrected chi connectivity index (χ0v) is 14.5. The van der Waals surface area contributed by atoms with E-state index in [0.717, 1.165) is 28.6 Å². The number of hydrogen-bond acceptors (Lipinski definition) is 5. The molecule has 1 aromatic heterocycles. The molecule has 0 spiro atoms. The summed E-state index contributed by atoms with van der Waals surface area (Å²) in [5.41, 5.74) is 0.571. The fraction of sp³-hybridized carbons (Fsp3) is 0.692. The van der Waals surface area contributed by atoms with Crippen molar-refractivity contribution in [1.82, 2.24) is 13.6 Å². The highest BCUT2D eigenvalue weighted by Crippen LogP contribution is 2.28. The van der Waals surface area contributed by atoms with E-state index >= 15 is 0 Å². The summed E-state index contributed by atoms with van der Waals surface area (Å²) in [6, 6.07) is -1.18. The Morgan fingerprint density at radius 3 is 2.59 bits per heavy atom. The van der Waals surface area contributed by atoms with Gasteiger partial charge in [-0.25, -0.2) is 4.98 Å². The Morgan fingerprint density at radius 2 is 2.18 bits per heavy atom. The molecule has 1 aliphatic carbocycles. The predicted octanol–water partition coefficient (Wildman–Crippen LogP) is 1.46. The lowest BCUT2D eigenvalue weighted by Crippen LogP contribution is -2.52. The molecule has 1 aromatic rings. The summed E-state index contributed by atoms with van der Waals surface area (Å²) in [4.78, 5) is 15.6. The Hall–Kier alpha value is -1.03. The molecule has 0 aromatic carbocycles. The van der Waals surface area contributed by atoms with Crippen molar-refractivity contribution in [2.24, 2.45) is 0 Å². The quantitative estimate of drug-likeness (QED) is 0.806. The maximum Gasteiger partial charge on any atom is 0.321 e. The number of rotatable bonds is 7. The van der Waals surface area contributed by atoms with Gasteiger partial charge >= 0.3 is 5.97 Å². The van der Waals surface area contributed by atoms with Gasteiger partial charge in [-0.15, -0.1) is 11.3 Å². The standard InChI is InChI=1S/C13H21N3O4S2/c1-9(13(17)18)16(7-11-8-21-10(2)14-11)22(19,20)15(3)12-5-4-6-12/h8-9,12H,4-7H2,1-3H3,(H,17,18). The first-order valence-electron chi connectivity index (χ1n) is 7.12. The maximum atomic E-state index is 12.8. The second kappa shape index (κ2) is 6.61. The van der Waals surface area contributed by atoms with E-state index in [4.69, 9.17) is 0 Å². The average molecular weight is 347 g/mol. The van der Waals surface area contributed by atoms with E-state index < -0.39 is 22.2 Å². The van der Waals surface area contributed by atoms with Crippen LogP contribution in [0, 0.1) is 6.92 Å². The SMILES string of the molecule is Cc1nc(CN(C(C)C(=O)O)S(=O)(=O)N(C)C2CCC2)cs1. The number of hydrogen-bond donors (Lipinski definition) is 1. The molecule has 1 atom stereocenters. The van der Waals surface area contributed by atoms with Crippen molar-refractivity contribution in [3.63, 3.8) is 0 Å². The van der Waals surface area contributed by atoms with Crippen LogP contribution in [-0.4, -0.2) is 52.2 Å². The number of aryl methyl sites for hydroxylation is 1. The number of carboxylic acids is 1. The fourth-order valence-electron chi connectivity index (χ4n) is 2.29. The molecule has 1 unspecified atom stereocenters. The monoisotopic (exact) mass is 347 g/mol. The van der Waals surface area contributed by atoms with Gasteiger partial charge < -0.3 is 5.11 Å². The fourth-order valence-corrected chi connectivity index (χ4v) is 4.59. The molecule has 22 heavy (non-hydrogen) atoms. The van der Waals surface area contributed by atoms with E-state index in [0.29, 0.717) is 5.69 Å². The van der Waals surface area contributed by atoms with Crippen molar-refractivity contribution < 1.29 is 18.3 Å². The summed E-state index contributed by atoms with van der Waals surface area (Å²) in [7, 11) is -2.32. The second-order valence-electron chi connectivity index (χ2n) is 5.53. The number of aliphatic carboxylic acids is 1. The maximum absolute atomic E-state index is 12.8. The second-order valence-corrected chi connectivity index (χ2v) is 8.53. The van der Waals surface area contributed by atoms with E-state index in [1.165, 1.54) is 29.6 Å². The molecule has 1 aliphatic rings. The molecule has 1 N–H and O–H groups in total. The van der Waals surface area contributed by atoms with Gasteiger partial charge in [0.25, 0.3) is 10.2 Å². The van der Waals surface area contributed by atoms with E-state index in [1.807, 2.05) is 6.92 Å². The highest BCUT2D eigenvalue weighted by atomic mass is 32.2. The molecule has 0 radical (unpaired) electrons. The Kier molecular flexibility index (Phi) is 5.21. The highest BCUT2D eigenvalue weighted by molar-refractivity contribution is 7.86. The Bertz CT molecular complexity index is 639. The molecular weight excluding hydrogens is 326 g/mol. The van der Waals surface area contributed by atoms with Gasteiger partial charge in [-0.1, -0.05) is 6.42 Å². The van der Waals surface area contributed by atoms with Gasteiger partial charge in [-0.2, -0.15) is 17.0 Å². The van der Waals surface area contributed by atoms with E-state index in [1.54, 1.807) is 5.38 Å². The molecule has 0 saturated heterocycles. The minimum Gasteiger partial charge on any atom is -0.480 e. The molecule has 7 nitrogen and oxygen atoms in total. The molecule has 124 valence electrons. The number of carbonyl (C=O) groups is 1. The van der Waals surface area contributed by atoms with Gasteiger partial charge in [-0.05, 0) is 26.7 Å². The van der Waals surface area contributed by atoms with Crippen LogP contribution in [0.15, 0.2) is 5.38 Å². The van der Waals surface area contributed by atoms with E-state index in [2.05, 4.69) is 4.98 Å². The van der Waals surface area contributed by atoms with Gasteiger partial charge in [0.15, 0.2) is 0 Å². The van der Waals surface area contributed by atoms with Gasteiger partial charge in [0.2, 0.25) is 0 Å². The van der Waals surface area contributed by atoms with Crippen LogP contribution in [-0.2, 0) is 21.5 Å². The number of thiazole rings is 1. The average Bonchev–Trinajstić information content (AvgIpc) is 2.78. The van der Waals surface area contributed by atoms with Crippen molar-refractivity contribution in [2.75, 3.05) is 7.05 Å². The van der Waals surface area contributed by atoms with Crippen LogP contribution in [0.2, 0.25) is 0 Å². The zero-order valence-electron chi connectivity index (χ0n) is 12.9. The molecular formula is C13H21N3O4S2. The van der Waals surface area contributed by atoms with Crippen LogP contribution < -0.4 is 0 Å². The lowest BCUT2D eigenvalue weighted by molar-refractivity contribution is -0.141. The first kappa shape index (κ1) is 17.3. The minimum absolute atomic E-state index is 0.0306. The van der Waals surface area contributed by atoms with Crippen molar-refractivity contribution in [2.45, 2.75) is 51.7 Å². The third-order valence-corrected chi connectivity index (χ3v) is 6.91. The summed E-state index contributed by atoms with van der Waals surface area (Å²) < 4.78 is 27.9. The van der Waals surface area contributed by atoms with Crippen LogP contribution in [0.3, 0.4) is 0 Å². The first-order chi connectivity index (χ1) is 10.2. The van der Waals surface area contributed by atoms with Crippen molar-refractivity contribution in [3.05, 3.63) is 16.1 Å². The topological polar surface area (TPSA) is 90.8 Å². The highest BCUT2D eigenvalue weighted by Gasteiger charge is 2.39. The van der Waals surface area contributed by atoms with Crippen LogP contribution in [0.5, 0.6) is 0 Å². The van der Waals surface area contributed by atoms with E-state index in [-0.39, 0.29) is 12.6 Å². The Morgan fingerprint density at radius 1 is 1.55 bits per heavy atom. The van der Waals surface area contributed by atoms with Gasteiger partial charge in [0.1, 0.15) is 6.04 Å². The zero-order chi connectivity index (χ0) is 16.5. The summed E-state index contributed by atoms with van der Waals surface area (Å²) in [5, 5.41) is 11.8. The molecule has 1 fully saturated rings. The van der Waals surface area contributed by atoms with Crippen molar-refractivity contribution in [3.8, 4) is 0 Å². The number of carboxylic acid groups (broad SMARTS) is 1. The smallest absolute Gasteiger partial charge is 0.321 e. The van der Waals surface area contributed by atoms with Crippen molar-refractivity contribution in [1.29, 1.82) is 0 Å². The molecule has 2 rings (SSSR count). The van der Waals surface area contributed by atoms with E-state index in [9.17, 15) is 18.3 Å². The number of nitrogens with zero attached hydrogens (tertiary/aromatic N) is 3. The molecule has 1 saturated carbocycles. The van der Waals surface area contributed by atoms with Gasteiger partial charge in [-0.3, -0.25) is 4.79 Å². The summed E-state index contributed by atoms with van der Waals surface area (Å²) in [5.74, 6) is -1.17. The van der Waals surface area contributed by atoms with Gasteiger partial charge in [0, 0.05) is 18.5 Å². The molecule has 1 heterocycles. The third-order valence-electron chi connectivity index (χ3n) is 4.02. The molecule has 0 bridgehead atoms. The van der Waals surface area contributed by atoms with Crippen LogP contribution in [0.4, 0.5) is 0 Å². The largest absolute Gasteiger partial charge is 0.480 e. The van der Waals surface area contributed by atoms with Gasteiger partial charge in [0.05, 0.1) is 17.2 Å². The van der Waals surface area contributed by atoms with Crippen LogP contribution in [0.1, 0.15) is 36.9 Å². The minimum atomic E-state index is -3.84. The molecule has 0 amide bonds. The summed E-state index contributed by atoms with van der Waals surface area (Å²) >= 11 is 1.41. The Balaban J connectivity index is 2.28. The van der Waals surface area contributed by atoms with Crippen LogP contribution in [0.25, 0.3) is 0 Å². The molecule has 9 heteroatoms. The molecule has 0 aliphatic heterocycles. The third kappa shape index (κ3) is 3.48. The lowest BCUT2D eigenvalue weighted by atomic mass is 9.94. The predicted molar refractivity (Wildman–Crippen MR) is 83.8 cm³/mol. The van der Waals surface area contributed by atoms with Crippen LogP contribution >= 0.6 is 11.3 Å². The van der Waals surface area contributed by atoms with Crippen molar-refractivity contribution >= 4 is 27.5 Å². The Labute approximate surface area is 134 Å². The number of aromatic nitrogens is 1. The lowest BCUT2D eigenvalue weighted by Gasteiger charge is -2.37. The first-order valence-corrected chi connectivity index (χ1v) is 9.39.